The van der Waals surface area contributed by atoms with E-state index in [-0.39, 0.29) is 41.6 Å². The fourth-order valence-electron chi connectivity index (χ4n) is 3.30. The number of carbonyl (C=O) groups excluding carboxylic acids is 1. The van der Waals surface area contributed by atoms with Gasteiger partial charge in [0.05, 0.1) is 18.8 Å². The second kappa shape index (κ2) is 11.0. The summed E-state index contributed by atoms with van der Waals surface area (Å²) < 4.78 is 22.9. The van der Waals surface area contributed by atoms with Crippen molar-refractivity contribution in [2.75, 3.05) is 7.11 Å². The number of para-hydroxylation sites is 1. The van der Waals surface area contributed by atoms with Gasteiger partial charge in [-0.2, -0.15) is 0 Å². The van der Waals surface area contributed by atoms with Crippen LogP contribution in [0.25, 0.3) is 21.7 Å². The number of hydrogen-bond acceptors (Lipinski definition) is 8. The molecule has 0 saturated carbocycles. The Morgan fingerprint density at radius 1 is 1.20 bits per heavy atom. The van der Waals surface area contributed by atoms with E-state index >= 15 is 0 Å². The number of aromatic nitrogens is 1. The molecule has 0 aliphatic carbocycles. The Hall–Kier alpha value is -2.52. The number of fused-ring (bicyclic) bond motifs is 1. The molecular weight excluding hydrogens is 477 g/mol. The number of carboxylic acids is 1. The molecule has 35 heavy (non-hydrogen) atoms. The zero-order chi connectivity index (χ0) is 24.5. The fraction of sp³-hybridized carbons (Fsp3) is 0.308. The van der Waals surface area contributed by atoms with Gasteiger partial charge in [-0.25, -0.2) is 4.98 Å². The number of aliphatic carboxylic acids is 1. The summed E-state index contributed by atoms with van der Waals surface area (Å²) in [4.78, 5) is 15.9. The van der Waals surface area contributed by atoms with Crippen molar-refractivity contribution in [3.63, 3.8) is 0 Å². The zero-order valence-corrected chi connectivity index (χ0v) is 23.5. The second-order valence-electron chi connectivity index (χ2n) is 8.91. The molecule has 178 valence electrons. The van der Waals surface area contributed by atoms with Crippen LogP contribution in [0.3, 0.4) is 0 Å². The minimum atomic E-state index is -1.31. The van der Waals surface area contributed by atoms with Gasteiger partial charge in [0.1, 0.15) is 24.0 Å². The third kappa shape index (κ3) is 6.19. The first-order chi connectivity index (χ1) is 16.2. The van der Waals surface area contributed by atoms with Crippen molar-refractivity contribution in [1.29, 1.82) is 0 Å². The van der Waals surface area contributed by atoms with Crippen LogP contribution in [0, 0.1) is 0 Å². The monoisotopic (exact) mass is 503 g/mol. The molecule has 1 atom stereocenters. The number of furan rings is 1. The Bertz CT molecular complexity index is 1320. The normalized spacial score (nSPS) is 12.1. The van der Waals surface area contributed by atoms with E-state index in [0.29, 0.717) is 28.6 Å². The van der Waals surface area contributed by atoms with Crippen LogP contribution in [-0.2, 0) is 16.8 Å². The third-order valence-electron chi connectivity index (χ3n) is 5.27. The van der Waals surface area contributed by atoms with Crippen molar-refractivity contribution < 1.29 is 58.1 Å². The fourth-order valence-corrected chi connectivity index (χ4v) is 4.30. The summed E-state index contributed by atoms with van der Waals surface area (Å²) in [5, 5.41) is 14.9. The summed E-state index contributed by atoms with van der Waals surface area (Å²) in [6.07, 6.45) is -1.14. The largest absolute Gasteiger partial charge is 1.00 e. The Morgan fingerprint density at radius 3 is 2.63 bits per heavy atom. The molecule has 9 heteroatoms. The number of ether oxygens (including phenoxy) is 3. The average molecular weight is 504 g/mol. The van der Waals surface area contributed by atoms with E-state index in [2.05, 4.69) is 26.2 Å². The van der Waals surface area contributed by atoms with E-state index in [4.69, 9.17) is 23.6 Å². The molecule has 0 bridgehead atoms. The number of thiazole rings is 1. The maximum Gasteiger partial charge on any atom is 1.00 e. The van der Waals surface area contributed by atoms with Gasteiger partial charge in [0.2, 0.25) is 0 Å². The molecule has 0 aliphatic rings. The Morgan fingerprint density at radius 2 is 1.97 bits per heavy atom. The Balaban J connectivity index is 0.00000342. The molecule has 2 aromatic heterocycles. The average Bonchev–Trinajstić information content (AvgIpc) is 3.45. The molecule has 7 nitrogen and oxygen atoms in total. The first-order valence-electron chi connectivity index (χ1n) is 10.8. The van der Waals surface area contributed by atoms with Gasteiger partial charge in [0.15, 0.2) is 22.3 Å². The van der Waals surface area contributed by atoms with Crippen LogP contribution >= 0.6 is 11.3 Å². The van der Waals surface area contributed by atoms with E-state index in [1.807, 2.05) is 24.3 Å². The molecule has 0 radical (unpaired) electrons. The summed E-state index contributed by atoms with van der Waals surface area (Å²) >= 11 is 1.56. The molecule has 4 rings (SSSR count). The van der Waals surface area contributed by atoms with Gasteiger partial charge in [0, 0.05) is 21.7 Å². The van der Waals surface area contributed by atoms with Gasteiger partial charge < -0.3 is 28.5 Å². The number of hydrogen-bond donors (Lipinski definition) is 0. The summed E-state index contributed by atoms with van der Waals surface area (Å²) in [7, 11) is 1.49. The van der Waals surface area contributed by atoms with Crippen LogP contribution in [0.15, 0.2) is 52.3 Å². The van der Waals surface area contributed by atoms with Crippen molar-refractivity contribution in [1.82, 2.24) is 4.98 Å². The van der Waals surface area contributed by atoms with E-state index in [0.717, 1.165) is 21.7 Å². The number of carbonyl (C=O) groups is 1. The number of carboxylic acid groups (broad SMARTS) is 1. The van der Waals surface area contributed by atoms with Gasteiger partial charge in [-0.05, 0) is 37.3 Å². The summed E-state index contributed by atoms with van der Waals surface area (Å²) in [6, 6.07) is 12.8. The predicted molar refractivity (Wildman–Crippen MR) is 128 cm³/mol. The minimum Gasteiger partial charge on any atom is -0.546 e. The van der Waals surface area contributed by atoms with E-state index in [1.54, 1.807) is 29.5 Å². The minimum absolute atomic E-state index is 0. The van der Waals surface area contributed by atoms with Crippen molar-refractivity contribution in [2.45, 2.75) is 45.8 Å². The number of nitrogens with zero attached hydrogens (tertiary/aromatic N) is 1. The van der Waals surface area contributed by atoms with Gasteiger partial charge in [-0.15, -0.1) is 11.3 Å². The quantitative estimate of drug-likeness (QED) is 0.340. The first-order valence-corrected chi connectivity index (χ1v) is 11.7. The van der Waals surface area contributed by atoms with Crippen molar-refractivity contribution in [3.05, 3.63) is 59.1 Å². The Kier molecular flexibility index (Phi) is 8.54. The summed E-state index contributed by atoms with van der Waals surface area (Å²) in [5.41, 5.74) is 2.39. The maximum atomic E-state index is 11.2. The van der Waals surface area contributed by atoms with Gasteiger partial charge in [-0.1, -0.05) is 32.9 Å². The molecule has 0 N–H and O–H groups in total. The zero-order valence-electron chi connectivity index (χ0n) is 20.7. The molecule has 0 aliphatic heterocycles. The third-order valence-corrected chi connectivity index (χ3v) is 6.13. The van der Waals surface area contributed by atoms with Crippen LogP contribution in [0.5, 0.6) is 17.2 Å². The van der Waals surface area contributed by atoms with Gasteiger partial charge in [0.25, 0.3) is 0 Å². The van der Waals surface area contributed by atoms with E-state index < -0.39 is 12.1 Å². The first kappa shape index (κ1) is 27.1. The van der Waals surface area contributed by atoms with Gasteiger partial charge in [-0.3, -0.25) is 0 Å². The van der Waals surface area contributed by atoms with Crippen LogP contribution < -0.4 is 48.9 Å². The molecule has 0 saturated heterocycles. The molecule has 0 spiro atoms. The van der Waals surface area contributed by atoms with E-state index in [9.17, 15) is 9.90 Å². The van der Waals surface area contributed by atoms with E-state index in [1.165, 1.54) is 14.0 Å². The molecule has 2 heterocycles. The predicted octanol–water partition coefficient (Wildman–Crippen LogP) is 1.96. The van der Waals surface area contributed by atoms with Crippen molar-refractivity contribution >= 4 is 28.3 Å². The molecule has 0 amide bonds. The van der Waals surface area contributed by atoms with Crippen LogP contribution in [0.2, 0.25) is 0 Å². The van der Waals surface area contributed by atoms with Crippen LogP contribution in [0.1, 0.15) is 39.0 Å². The number of methoxy groups -OCH3 is 1. The topological polar surface area (TPSA) is 93.8 Å². The van der Waals surface area contributed by atoms with Crippen molar-refractivity contribution in [3.8, 4) is 28.0 Å². The number of benzene rings is 2. The standard InChI is InChI=1S/C26H27NO6S.Na/c1-15(25(28)29)32-23-16(7-6-8-20(23)30-5)13-31-18-9-10-19-17(11-18)12-21(33-19)24-27-22(14-34-24)26(2,3)4;/h6-12,14-15H,13H2,1-5H3,(H,28,29);/q;+1/p-1. The molecule has 1 unspecified atom stereocenters. The maximum absolute atomic E-state index is 11.2. The van der Waals surface area contributed by atoms with Crippen LogP contribution in [0.4, 0.5) is 0 Å². The van der Waals surface area contributed by atoms with Gasteiger partial charge >= 0.3 is 29.6 Å². The van der Waals surface area contributed by atoms with Crippen molar-refractivity contribution in [2.24, 2.45) is 0 Å². The second-order valence-corrected chi connectivity index (χ2v) is 9.77. The molecular formula is C26H26NNaO6S. The SMILES string of the molecule is COc1cccc(COc2ccc3oc(-c4nc(C(C)(C)C)cs4)cc3c2)c1OC(C)C(=O)[O-].[Na+]. The van der Waals surface area contributed by atoms with Crippen LogP contribution in [-0.4, -0.2) is 24.2 Å². The number of rotatable bonds is 8. The Labute approximate surface area is 230 Å². The summed E-state index contributed by atoms with van der Waals surface area (Å²) in [5.74, 6) is 0.770. The molecule has 0 fully saturated rings. The molecule has 2 aromatic carbocycles. The molecule has 4 aromatic rings. The smallest absolute Gasteiger partial charge is 0.546 e. The summed E-state index contributed by atoms with van der Waals surface area (Å²) in [6.45, 7) is 7.96.